The van der Waals surface area contributed by atoms with Gasteiger partial charge in [0.1, 0.15) is 5.82 Å². The minimum atomic E-state index is 0.187. The fourth-order valence-corrected chi connectivity index (χ4v) is 5.44. The number of carbonyl (C=O) groups is 1. The predicted molar refractivity (Wildman–Crippen MR) is 132 cm³/mol. The first-order chi connectivity index (χ1) is 16.6. The lowest BCUT2D eigenvalue weighted by Crippen LogP contribution is -2.37. The van der Waals surface area contributed by atoms with Gasteiger partial charge in [-0.3, -0.25) is 4.79 Å². The Kier molecular flexibility index (Phi) is 5.63. The van der Waals surface area contributed by atoms with Crippen molar-refractivity contribution in [2.45, 2.75) is 70.3 Å². The minimum Gasteiger partial charge on any atom is -0.351 e. The van der Waals surface area contributed by atoms with E-state index in [1.807, 2.05) is 12.3 Å². The van der Waals surface area contributed by atoms with E-state index in [0.29, 0.717) is 23.8 Å². The molecule has 1 aromatic carbocycles. The van der Waals surface area contributed by atoms with Crippen LogP contribution in [-0.2, 0) is 4.79 Å². The van der Waals surface area contributed by atoms with Gasteiger partial charge in [-0.2, -0.15) is 0 Å². The molecule has 3 aliphatic rings. The summed E-state index contributed by atoms with van der Waals surface area (Å²) in [6, 6.07) is 8.58. The summed E-state index contributed by atoms with van der Waals surface area (Å²) >= 11 is 0. The van der Waals surface area contributed by atoms with E-state index in [4.69, 9.17) is 15.0 Å². The molecule has 0 unspecified atom stereocenters. The Balaban J connectivity index is 1.14. The van der Waals surface area contributed by atoms with E-state index in [9.17, 15) is 4.79 Å². The second-order valence-electron chi connectivity index (χ2n) is 10.2. The van der Waals surface area contributed by atoms with Gasteiger partial charge >= 0.3 is 0 Å². The van der Waals surface area contributed by atoms with Crippen molar-refractivity contribution in [3.05, 3.63) is 42.0 Å². The number of hydrogen-bond donors (Lipinski definition) is 1. The van der Waals surface area contributed by atoms with Crippen LogP contribution in [0.2, 0.25) is 0 Å². The second kappa shape index (κ2) is 8.93. The number of aromatic nitrogens is 4. The van der Waals surface area contributed by atoms with Crippen LogP contribution < -0.4 is 5.32 Å². The number of fused-ring (bicyclic) bond motifs is 1. The van der Waals surface area contributed by atoms with Crippen LogP contribution in [0.25, 0.3) is 22.2 Å². The van der Waals surface area contributed by atoms with Gasteiger partial charge in [0.25, 0.3) is 0 Å². The third-order valence-electron chi connectivity index (χ3n) is 7.62. The molecule has 3 heterocycles. The average molecular weight is 457 g/mol. The molecule has 1 N–H and O–H groups in total. The van der Waals surface area contributed by atoms with Crippen molar-refractivity contribution in [1.29, 1.82) is 0 Å². The van der Waals surface area contributed by atoms with Gasteiger partial charge in [-0.05, 0) is 76.5 Å². The fraction of sp³-hybridized carbons (Fsp3) is 0.519. The Morgan fingerprint density at radius 2 is 1.76 bits per heavy atom. The number of hydrogen-bond acceptors (Lipinski definition) is 6. The van der Waals surface area contributed by atoms with Crippen LogP contribution in [0.3, 0.4) is 0 Å². The molecule has 0 spiro atoms. The number of nitrogens with one attached hydrogen (secondary N) is 1. The molecule has 0 atom stereocenters. The molecule has 7 heteroatoms. The van der Waals surface area contributed by atoms with Crippen LogP contribution in [-0.4, -0.2) is 49.9 Å². The molecule has 1 aliphatic heterocycles. The average Bonchev–Trinajstić information content (AvgIpc) is 3.58. The molecule has 7 nitrogen and oxygen atoms in total. The summed E-state index contributed by atoms with van der Waals surface area (Å²) in [6.07, 6.45) is 10.4. The Hall–Kier alpha value is -3.09. The molecule has 3 aromatic rings. The zero-order valence-electron chi connectivity index (χ0n) is 19.8. The van der Waals surface area contributed by atoms with Gasteiger partial charge in [0.15, 0.2) is 0 Å². The number of likely N-dealkylation sites (tertiary alicyclic amines) is 1. The van der Waals surface area contributed by atoms with Gasteiger partial charge in [-0.1, -0.05) is 6.07 Å². The highest BCUT2D eigenvalue weighted by atomic mass is 16.2. The summed E-state index contributed by atoms with van der Waals surface area (Å²) in [4.78, 5) is 33.6. The van der Waals surface area contributed by atoms with E-state index >= 15 is 0 Å². The van der Waals surface area contributed by atoms with Crippen molar-refractivity contribution in [1.82, 2.24) is 24.8 Å². The first-order valence-corrected chi connectivity index (χ1v) is 12.8. The number of aryl methyl sites for hydroxylation is 1. The first-order valence-electron chi connectivity index (χ1n) is 12.8. The Labute approximate surface area is 200 Å². The summed E-state index contributed by atoms with van der Waals surface area (Å²) in [5.41, 5.74) is 3.97. The number of carbonyl (C=O) groups excluding carboxylic acids is 1. The van der Waals surface area contributed by atoms with E-state index in [2.05, 4.69) is 40.3 Å². The van der Waals surface area contributed by atoms with Gasteiger partial charge in [0.05, 0.1) is 11.2 Å². The highest BCUT2D eigenvalue weighted by Gasteiger charge is 2.31. The van der Waals surface area contributed by atoms with Gasteiger partial charge in [0, 0.05) is 53.8 Å². The smallest absolute Gasteiger partial charge is 0.225 e. The van der Waals surface area contributed by atoms with E-state index in [1.165, 1.54) is 12.8 Å². The zero-order chi connectivity index (χ0) is 23.1. The molecule has 176 valence electrons. The molecule has 3 fully saturated rings. The van der Waals surface area contributed by atoms with Crippen molar-refractivity contribution >= 4 is 22.8 Å². The molecule has 34 heavy (non-hydrogen) atoms. The third-order valence-corrected chi connectivity index (χ3v) is 7.62. The van der Waals surface area contributed by atoms with E-state index in [-0.39, 0.29) is 5.92 Å². The van der Waals surface area contributed by atoms with Crippen LogP contribution in [0.1, 0.15) is 68.8 Å². The minimum absolute atomic E-state index is 0.187. The topological polar surface area (TPSA) is 83.9 Å². The zero-order valence-corrected chi connectivity index (χ0v) is 19.8. The summed E-state index contributed by atoms with van der Waals surface area (Å²) in [6.45, 7) is 3.96. The molecular weight excluding hydrogens is 424 g/mol. The summed E-state index contributed by atoms with van der Waals surface area (Å²) in [5.74, 6) is 2.75. The standard InChI is InChI=1S/C27H32N6O/c1-17-22-16-20(8-11-24(22)31-25(29-17)18-4-5-18)23-12-13-28-27(32-23)30-21-9-6-19(7-10-21)26(34)33-14-2-3-15-33/h8,11-13,16,18-19,21H,2-7,9-10,14-15H2,1H3,(H,28,30,32)/t19-,21+. The number of benzene rings is 1. The maximum atomic E-state index is 12.7. The Bertz CT molecular complexity index is 1210. The van der Waals surface area contributed by atoms with Gasteiger partial charge in [-0.25, -0.2) is 19.9 Å². The number of amides is 1. The summed E-state index contributed by atoms with van der Waals surface area (Å²) < 4.78 is 0. The van der Waals surface area contributed by atoms with Crippen molar-refractivity contribution in [2.24, 2.45) is 5.92 Å². The molecule has 2 aliphatic carbocycles. The highest BCUT2D eigenvalue weighted by molar-refractivity contribution is 5.85. The third kappa shape index (κ3) is 4.36. The monoisotopic (exact) mass is 456 g/mol. The number of nitrogens with zero attached hydrogens (tertiary/aromatic N) is 5. The van der Waals surface area contributed by atoms with Crippen LogP contribution in [0.5, 0.6) is 0 Å². The second-order valence-corrected chi connectivity index (χ2v) is 10.2. The number of anilines is 1. The van der Waals surface area contributed by atoms with Gasteiger partial charge in [0.2, 0.25) is 11.9 Å². The van der Waals surface area contributed by atoms with Crippen LogP contribution in [0, 0.1) is 12.8 Å². The van der Waals surface area contributed by atoms with Gasteiger partial charge < -0.3 is 10.2 Å². The lowest BCUT2D eigenvalue weighted by Gasteiger charge is -2.30. The lowest BCUT2D eigenvalue weighted by molar-refractivity contribution is -0.135. The number of rotatable bonds is 5. The van der Waals surface area contributed by atoms with E-state index in [1.54, 1.807) is 0 Å². The van der Waals surface area contributed by atoms with Crippen LogP contribution >= 0.6 is 0 Å². The normalized spacial score (nSPS) is 22.8. The quantitative estimate of drug-likeness (QED) is 0.590. The van der Waals surface area contributed by atoms with E-state index < -0.39 is 0 Å². The first kappa shape index (κ1) is 21.4. The van der Waals surface area contributed by atoms with Crippen molar-refractivity contribution in [2.75, 3.05) is 18.4 Å². The molecular formula is C27H32N6O. The van der Waals surface area contributed by atoms with Crippen LogP contribution in [0.15, 0.2) is 30.5 Å². The molecule has 2 saturated carbocycles. The Morgan fingerprint density at radius 3 is 2.53 bits per heavy atom. The maximum absolute atomic E-state index is 12.7. The van der Waals surface area contributed by atoms with Crippen molar-refractivity contribution in [3.63, 3.8) is 0 Å². The molecule has 0 radical (unpaired) electrons. The molecule has 1 amide bonds. The predicted octanol–water partition coefficient (Wildman–Crippen LogP) is 4.87. The molecule has 0 bridgehead atoms. The highest BCUT2D eigenvalue weighted by Crippen LogP contribution is 2.39. The summed E-state index contributed by atoms with van der Waals surface area (Å²) in [7, 11) is 0. The van der Waals surface area contributed by atoms with Crippen molar-refractivity contribution < 1.29 is 4.79 Å². The Morgan fingerprint density at radius 1 is 0.971 bits per heavy atom. The van der Waals surface area contributed by atoms with Crippen LogP contribution in [0.4, 0.5) is 5.95 Å². The molecule has 2 aromatic heterocycles. The SMILES string of the molecule is Cc1nc(C2CC2)nc2ccc(-c3ccnc(N[C@H]4CC[C@@H](C(=O)N5CCCC5)CC4)n3)cc12. The van der Waals surface area contributed by atoms with Gasteiger partial charge in [-0.15, -0.1) is 0 Å². The molecule has 6 rings (SSSR count). The summed E-state index contributed by atoms with van der Waals surface area (Å²) in [5, 5.41) is 4.60. The fourth-order valence-electron chi connectivity index (χ4n) is 5.44. The largest absolute Gasteiger partial charge is 0.351 e. The molecule has 1 saturated heterocycles. The van der Waals surface area contributed by atoms with E-state index in [0.717, 1.165) is 85.3 Å². The van der Waals surface area contributed by atoms with Crippen molar-refractivity contribution in [3.8, 4) is 11.3 Å². The maximum Gasteiger partial charge on any atom is 0.225 e. The lowest BCUT2D eigenvalue weighted by atomic mass is 9.85.